The Morgan fingerprint density at radius 1 is 1.47 bits per heavy atom. The Kier molecular flexibility index (Phi) is 7.11. The number of hydrogen-bond donors (Lipinski definition) is 2. The molecular weight excluding hydrogens is 288 g/mol. The van der Waals surface area contributed by atoms with E-state index in [2.05, 4.69) is 26.2 Å². The first-order chi connectivity index (χ1) is 8.22. The van der Waals surface area contributed by atoms with E-state index in [0.29, 0.717) is 19.8 Å². The summed E-state index contributed by atoms with van der Waals surface area (Å²) >= 11 is 3.32. The third-order valence-corrected chi connectivity index (χ3v) is 2.42. The van der Waals surface area contributed by atoms with Gasteiger partial charge < -0.3 is 19.9 Å². The summed E-state index contributed by atoms with van der Waals surface area (Å²) in [6, 6.07) is 1.89. The lowest BCUT2D eigenvalue weighted by molar-refractivity contribution is 0.0182. The molecule has 1 unspecified atom stereocenters. The first kappa shape index (κ1) is 14.4. The van der Waals surface area contributed by atoms with Crippen LogP contribution in [0.2, 0.25) is 0 Å². The van der Waals surface area contributed by atoms with Crippen LogP contribution >= 0.6 is 15.9 Å². The Bertz CT molecular complexity index is 325. The number of nitrogens with one attached hydrogen (secondary N) is 1. The summed E-state index contributed by atoms with van der Waals surface area (Å²) in [6.45, 7) is 1.74. The summed E-state index contributed by atoms with van der Waals surface area (Å²) in [4.78, 5) is 4.01. The van der Waals surface area contributed by atoms with Gasteiger partial charge in [0.25, 0.3) is 0 Å². The standard InChI is InChI=1S/C11H17BrN2O3/c1-16-2-3-17-8-11(15)7-14-10-4-9(12)5-13-6-10/h4-6,11,14-15H,2-3,7-8H2,1H3. The molecule has 1 rings (SSSR count). The maximum Gasteiger partial charge on any atom is 0.0945 e. The quantitative estimate of drug-likeness (QED) is 0.708. The molecule has 6 heteroatoms. The number of methoxy groups -OCH3 is 1. The number of aliphatic hydroxyl groups excluding tert-OH is 1. The molecule has 0 saturated carbocycles. The van der Waals surface area contributed by atoms with E-state index < -0.39 is 6.10 Å². The molecule has 96 valence electrons. The van der Waals surface area contributed by atoms with Crippen LogP contribution in [-0.4, -0.2) is 49.7 Å². The molecule has 17 heavy (non-hydrogen) atoms. The largest absolute Gasteiger partial charge is 0.389 e. The molecule has 1 heterocycles. The van der Waals surface area contributed by atoms with Gasteiger partial charge >= 0.3 is 0 Å². The number of ether oxygens (including phenoxy) is 2. The number of hydrogen-bond acceptors (Lipinski definition) is 5. The maximum absolute atomic E-state index is 9.62. The van der Waals surface area contributed by atoms with Gasteiger partial charge in [0, 0.05) is 24.3 Å². The molecular formula is C11H17BrN2O3. The van der Waals surface area contributed by atoms with Gasteiger partial charge in [0.1, 0.15) is 0 Å². The van der Waals surface area contributed by atoms with E-state index in [1.54, 1.807) is 19.5 Å². The molecule has 0 bridgehead atoms. The van der Waals surface area contributed by atoms with Crippen LogP contribution in [0.5, 0.6) is 0 Å². The molecule has 1 aromatic rings. The second kappa shape index (κ2) is 8.41. The van der Waals surface area contributed by atoms with Crippen molar-refractivity contribution in [1.82, 2.24) is 4.98 Å². The van der Waals surface area contributed by atoms with Crippen LogP contribution in [0.3, 0.4) is 0 Å². The minimum Gasteiger partial charge on any atom is -0.389 e. The molecule has 0 fully saturated rings. The highest BCUT2D eigenvalue weighted by atomic mass is 79.9. The fraction of sp³-hybridized carbons (Fsp3) is 0.545. The van der Waals surface area contributed by atoms with Gasteiger partial charge in [0.05, 0.1) is 37.8 Å². The highest BCUT2D eigenvalue weighted by Gasteiger charge is 2.04. The summed E-state index contributed by atoms with van der Waals surface area (Å²) in [6.07, 6.45) is 2.85. The Morgan fingerprint density at radius 3 is 3.00 bits per heavy atom. The highest BCUT2D eigenvalue weighted by Crippen LogP contribution is 2.13. The normalized spacial score (nSPS) is 12.4. The van der Waals surface area contributed by atoms with Gasteiger partial charge in [-0.3, -0.25) is 4.98 Å². The van der Waals surface area contributed by atoms with E-state index in [0.717, 1.165) is 10.2 Å². The van der Waals surface area contributed by atoms with Crippen LogP contribution in [0.15, 0.2) is 22.9 Å². The van der Waals surface area contributed by atoms with Crippen LogP contribution in [0.25, 0.3) is 0 Å². The molecule has 0 aromatic carbocycles. The predicted octanol–water partition coefficient (Wildman–Crippen LogP) is 1.28. The maximum atomic E-state index is 9.62. The molecule has 1 atom stereocenters. The van der Waals surface area contributed by atoms with Crippen LogP contribution in [0.4, 0.5) is 5.69 Å². The number of nitrogens with zero attached hydrogens (tertiary/aromatic N) is 1. The summed E-state index contributed by atoms with van der Waals surface area (Å²) in [5.74, 6) is 0. The van der Waals surface area contributed by atoms with Crippen molar-refractivity contribution in [2.24, 2.45) is 0 Å². The highest BCUT2D eigenvalue weighted by molar-refractivity contribution is 9.10. The van der Waals surface area contributed by atoms with E-state index in [9.17, 15) is 5.11 Å². The fourth-order valence-electron chi connectivity index (χ4n) is 1.16. The molecule has 0 aliphatic rings. The van der Waals surface area contributed by atoms with Gasteiger partial charge in [-0.15, -0.1) is 0 Å². The van der Waals surface area contributed by atoms with Crippen molar-refractivity contribution in [1.29, 1.82) is 0 Å². The van der Waals surface area contributed by atoms with Gasteiger partial charge in [0.2, 0.25) is 0 Å². The number of aromatic nitrogens is 1. The van der Waals surface area contributed by atoms with Crippen molar-refractivity contribution >= 4 is 21.6 Å². The summed E-state index contributed by atoms with van der Waals surface area (Å²) < 4.78 is 10.9. The summed E-state index contributed by atoms with van der Waals surface area (Å²) in [7, 11) is 1.61. The van der Waals surface area contributed by atoms with Crippen molar-refractivity contribution in [3.05, 3.63) is 22.9 Å². The zero-order chi connectivity index (χ0) is 12.5. The molecule has 2 N–H and O–H groups in total. The number of rotatable bonds is 8. The zero-order valence-corrected chi connectivity index (χ0v) is 11.3. The minimum atomic E-state index is -0.550. The average Bonchev–Trinajstić information content (AvgIpc) is 2.32. The number of anilines is 1. The van der Waals surface area contributed by atoms with Crippen molar-refractivity contribution < 1.29 is 14.6 Å². The van der Waals surface area contributed by atoms with Crippen molar-refractivity contribution in [2.75, 3.05) is 38.8 Å². The molecule has 0 amide bonds. The van der Waals surface area contributed by atoms with Crippen molar-refractivity contribution in [2.45, 2.75) is 6.10 Å². The Morgan fingerprint density at radius 2 is 2.29 bits per heavy atom. The Labute approximate surface area is 109 Å². The van der Waals surface area contributed by atoms with E-state index >= 15 is 0 Å². The lowest BCUT2D eigenvalue weighted by atomic mass is 10.3. The van der Waals surface area contributed by atoms with Crippen LogP contribution in [-0.2, 0) is 9.47 Å². The number of aliphatic hydroxyl groups is 1. The van der Waals surface area contributed by atoms with Gasteiger partial charge in [-0.05, 0) is 22.0 Å². The third-order valence-electron chi connectivity index (χ3n) is 1.99. The first-order valence-electron chi connectivity index (χ1n) is 5.31. The second-order valence-electron chi connectivity index (χ2n) is 3.49. The molecule has 1 aromatic heterocycles. The van der Waals surface area contributed by atoms with Crippen LogP contribution in [0, 0.1) is 0 Å². The Balaban J connectivity index is 2.17. The molecule has 0 saturated heterocycles. The first-order valence-corrected chi connectivity index (χ1v) is 6.11. The monoisotopic (exact) mass is 304 g/mol. The van der Waals surface area contributed by atoms with Gasteiger partial charge in [-0.25, -0.2) is 0 Å². The van der Waals surface area contributed by atoms with Crippen LogP contribution in [0.1, 0.15) is 0 Å². The summed E-state index contributed by atoms with van der Waals surface area (Å²) in [5, 5.41) is 12.7. The lowest BCUT2D eigenvalue weighted by Gasteiger charge is -2.13. The van der Waals surface area contributed by atoms with Gasteiger partial charge in [0.15, 0.2) is 0 Å². The second-order valence-corrected chi connectivity index (χ2v) is 4.41. The van der Waals surface area contributed by atoms with Crippen molar-refractivity contribution in [3.63, 3.8) is 0 Å². The van der Waals surface area contributed by atoms with Crippen molar-refractivity contribution in [3.8, 4) is 0 Å². The molecule has 0 radical (unpaired) electrons. The fourth-order valence-corrected chi connectivity index (χ4v) is 1.53. The van der Waals surface area contributed by atoms with E-state index in [-0.39, 0.29) is 6.61 Å². The molecule has 0 spiro atoms. The van der Waals surface area contributed by atoms with Crippen LogP contribution < -0.4 is 5.32 Å². The van der Waals surface area contributed by atoms with E-state index in [4.69, 9.17) is 9.47 Å². The SMILES string of the molecule is COCCOCC(O)CNc1cncc(Br)c1. The average molecular weight is 305 g/mol. The minimum absolute atomic E-state index is 0.289. The molecule has 0 aliphatic heterocycles. The van der Waals surface area contributed by atoms with Gasteiger partial charge in [-0.1, -0.05) is 0 Å². The number of pyridine rings is 1. The summed E-state index contributed by atoms with van der Waals surface area (Å²) in [5.41, 5.74) is 0.857. The Hall–Kier alpha value is -0.690. The van der Waals surface area contributed by atoms with Gasteiger partial charge in [-0.2, -0.15) is 0 Å². The smallest absolute Gasteiger partial charge is 0.0945 e. The lowest BCUT2D eigenvalue weighted by Crippen LogP contribution is -2.25. The molecule has 0 aliphatic carbocycles. The molecule has 5 nitrogen and oxygen atoms in total. The van der Waals surface area contributed by atoms with E-state index in [1.165, 1.54) is 0 Å². The topological polar surface area (TPSA) is 63.6 Å². The number of halogens is 1. The predicted molar refractivity (Wildman–Crippen MR) is 69.1 cm³/mol. The zero-order valence-electron chi connectivity index (χ0n) is 9.73. The third kappa shape index (κ3) is 6.58. The van der Waals surface area contributed by atoms with E-state index in [1.807, 2.05) is 6.07 Å².